The second-order valence-corrected chi connectivity index (χ2v) is 41.6. The van der Waals surface area contributed by atoms with Gasteiger partial charge in [-0.15, -0.1) is 0 Å². The first-order chi connectivity index (χ1) is 36.2. The van der Waals surface area contributed by atoms with Crippen molar-refractivity contribution >= 4 is 86.0 Å². The van der Waals surface area contributed by atoms with Gasteiger partial charge < -0.3 is 0 Å². The summed E-state index contributed by atoms with van der Waals surface area (Å²) in [7, 11) is 0. The van der Waals surface area contributed by atoms with Gasteiger partial charge in [0.1, 0.15) is 0 Å². The van der Waals surface area contributed by atoms with Gasteiger partial charge in [0.05, 0.1) is 0 Å². The van der Waals surface area contributed by atoms with Crippen molar-refractivity contribution in [2.45, 2.75) is 112 Å². The minimum atomic E-state index is -3.55. The fourth-order valence-corrected chi connectivity index (χ4v) is 37.7. The summed E-state index contributed by atoms with van der Waals surface area (Å²) >= 11 is -6.96. The first kappa shape index (κ1) is 58.8. The van der Waals surface area contributed by atoms with Crippen molar-refractivity contribution < 1.29 is 19.8 Å². The number of hydrogen-bond donors (Lipinski definition) is 2. The molecular formula is C68H78Ge2O4Sn. The number of carbonyl (C=O) groups is 2. The predicted molar refractivity (Wildman–Crippen MR) is 324 cm³/mol. The zero-order chi connectivity index (χ0) is 53.8. The molecular weight excluding hydrogens is 1140 g/mol. The molecule has 8 aromatic rings. The molecule has 0 aliphatic rings. The van der Waals surface area contributed by atoms with Crippen LogP contribution in [0.25, 0.3) is 0 Å². The summed E-state index contributed by atoms with van der Waals surface area (Å²) in [6, 6.07) is 73.4. The van der Waals surface area contributed by atoms with E-state index in [9.17, 15) is 19.8 Å². The first-order valence-electron chi connectivity index (χ1n) is 26.9. The Morgan fingerprint density at radius 2 is 0.573 bits per heavy atom. The van der Waals surface area contributed by atoms with Crippen LogP contribution >= 0.6 is 0 Å². The average molecular weight is 1220 g/mol. The number of aryl methyl sites for hydroxylation is 6. The van der Waals surface area contributed by atoms with E-state index in [0.717, 1.165) is 11.1 Å². The summed E-state index contributed by atoms with van der Waals surface area (Å²) in [6.07, 6.45) is 6.03. The van der Waals surface area contributed by atoms with Gasteiger partial charge in [-0.05, 0) is 0 Å². The summed E-state index contributed by atoms with van der Waals surface area (Å²) in [4.78, 5) is 24.6. The average Bonchev–Trinajstić information content (AvgIpc) is 3.42. The molecule has 75 heavy (non-hydrogen) atoms. The van der Waals surface area contributed by atoms with E-state index in [1.165, 1.54) is 85.4 Å². The second kappa shape index (κ2) is 29.2. The van der Waals surface area contributed by atoms with E-state index < -0.39 is 38.5 Å². The van der Waals surface area contributed by atoms with Crippen LogP contribution in [0.5, 0.6) is 0 Å². The van der Waals surface area contributed by atoms with Gasteiger partial charge >= 0.3 is 469 Å². The molecule has 8 aromatic carbocycles. The van der Waals surface area contributed by atoms with Crippen LogP contribution in [0.2, 0.25) is 8.87 Å². The topological polar surface area (TPSA) is 74.6 Å². The molecule has 386 valence electrons. The number of carboxylic acid groups (broad SMARTS) is 2. The van der Waals surface area contributed by atoms with Gasteiger partial charge in [0.15, 0.2) is 0 Å². The zero-order valence-corrected chi connectivity index (χ0v) is 52.7. The Labute approximate surface area is 465 Å². The molecule has 0 heterocycles. The maximum atomic E-state index is 12.3. The normalized spacial score (nSPS) is 12.1. The molecule has 4 nitrogen and oxygen atoms in total. The molecule has 0 aromatic heterocycles. The van der Waals surface area contributed by atoms with Gasteiger partial charge in [-0.1, -0.05) is 0 Å². The third-order valence-corrected chi connectivity index (χ3v) is 41.0. The number of hydrogen-bond acceptors (Lipinski definition) is 2. The van der Waals surface area contributed by atoms with Crippen molar-refractivity contribution in [3.8, 4) is 0 Å². The van der Waals surface area contributed by atoms with E-state index in [0.29, 0.717) is 0 Å². The molecule has 2 atom stereocenters. The Bertz CT molecular complexity index is 2530. The Morgan fingerprint density at radius 1 is 0.360 bits per heavy atom. The van der Waals surface area contributed by atoms with E-state index >= 15 is 0 Å². The fourth-order valence-electron chi connectivity index (χ4n) is 10.6. The number of unbranched alkanes of at least 4 members (excludes halogenated alkanes) is 2. The van der Waals surface area contributed by atoms with Gasteiger partial charge in [0.25, 0.3) is 0 Å². The predicted octanol–water partition coefficient (Wildman–Crippen LogP) is 12.9. The SMILES string of the molecule is CCC[CH2][Sn][CH2]CCC.Cc1cc[c]([Ge]([c]2ccc(C)cc2)([c]2ccc(C)cc2)[CH](CC(=O)O)c2ccccc2)cc1.Cc1cc[c]([Ge]([c]2ccc(C)cc2)([c]2ccc(C)cc2)[CH](CC(=O)O)c2ccccc2)cc1. The van der Waals surface area contributed by atoms with Crippen molar-refractivity contribution in [2.24, 2.45) is 0 Å². The van der Waals surface area contributed by atoms with Gasteiger partial charge in [0, 0.05) is 0 Å². The molecule has 0 fully saturated rings. The number of carboxylic acids is 2. The molecule has 0 bridgehead atoms. The van der Waals surface area contributed by atoms with Crippen LogP contribution in [-0.4, -0.2) is 69.8 Å². The fraction of sp³-hybridized carbons (Fsp3) is 0.265. The van der Waals surface area contributed by atoms with Gasteiger partial charge in [-0.2, -0.15) is 0 Å². The molecule has 0 saturated carbocycles. The summed E-state index contributed by atoms with van der Waals surface area (Å²) < 4.78 is 10.7. The Balaban J connectivity index is 0.000000210. The van der Waals surface area contributed by atoms with Crippen molar-refractivity contribution in [3.05, 3.63) is 251 Å². The van der Waals surface area contributed by atoms with Crippen LogP contribution in [0.15, 0.2) is 206 Å². The standard InChI is InChI=1S/2C30H30GeO2.2C4H9.Sn/c2*1-22-9-15-26(16-10-22)31(27-17-11-23(2)12-18-27,28-19-13-24(3)14-20-28)29(21-30(32)33)25-7-5-4-6-8-25;2*1-3-4-2;/h2*4-20,29H,21H2,1-3H3,(H,32,33);2*1,3-4H2,2H3;. The Hall–Kier alpha value is -5.42. The van der Waals surface area contributed by atoms with E-state index in [4.69, 9.17) is 0 Å². The van der Waals surface area contributed by atoms with Crippen molar-refractivity contribution in [3.63, 3.8) is 0 Å². The molecule has 2 radical (unpaired) electrons. The van der Waals surface area contributed by atoms with Crippen LogP contribution in [0.3, 0.4) is 0 Å². The molecule has 0 spiro atoms. The number of benzene rings is 8. The van der Waals surface area contributed by atoms with Gasteiger partial charge in [0.2, 0.25) is 0 Å². The molecule has 0 amide bonds. The van der Waals surface area contributed by atoms with Crippen molar-refractivity contribution in [1.29, 1.82) is 0 Å². The Morgan fingerprint density at radius 3 is 0.760 bits per heavy atom. The van der Waals surface area contributed by atoms with E-state index in [2.05, 4.69) is 225 Å². The van der Waals surface area contributed by atoms with E-state index in [1.54, 1.807) is 8.87 Å². The first-order valence-corrected chi connectivity index (χ1v) is 39.7. The minimum absolute atomic E-state index is 0.0969. The van der Waals surface area contributed by atoms with Crippen LogP contribution < -0.4 is 26.4 Å². The molecule has 2 unspecified atom stereocenters. The second-order valence-electron chi connectivity index (χ2n) is 20.4. The summed E-state index contributed by atoms with van der Waals surface area (Å²) in [5, 5.41) is 20.2. The maximum absolute atomic E-state index is 12.3. The zero-order valence-electron chi connectivity index (χ0n) is 45.7. The number of aliphatic carboxylic acids is 2. The third-order valence-electron chi connectivity index (χ3n) is 14.7. The quantitative estimate of drug-likeness (QED) is 0.0589. The van der Waals surface area contributed by atoms with Gasteiger partial charge in [-0.25, -0.2) is 0 Å². The van der Waals surface area contributed by atoms with Crippen LogP contribution in [0.1, 0.15) is 106 Å². The van der Waals surface area contributed by atoms with E-state index in [1.807, 2.05) is 36.4 Å². The van der Waals surface area contributed by atoms with Crippen LogP contribution in [0, 0.1) is 41.5 Å². The molecule has 8 rings (SSSR count). The van der Waals surface area contributed by atoms with Crippen LogP contribution in [0.4, 0.5) is 0 Å². The Kier molecular flexibility index (Phi) is 22.9. The van der Waals surface area contributed by atoms with E-state index in [-0.39, 0.29) is 43.5 Å². The summed E-state index contributed by atoms with van der Waals surface area (Å²) in [5.41, 5.74) is 9.43. The number of rotatable bonds is 20. The van der Waals surface area contributed by atoms with Gasteiger partial charge in [-0.3, -0.25) is 0 Å². The summed E-state index contributed by atoms with van der Waals surface area (Å²) in [6.45, 7) is 17.2. The summed E-state index contributed by atoms with van der Waals surface area (Å²) in [5.74, 6) is -1.52. The molecule has 0 saturated heterocycles. The monoisotopic (exact) mass is 1230 g/mol. The van der Waals surface area contributed by atoms with Crippen molar-refractivity contribution in [2.75, 3.05) is 0 Å². The molecule has 7 heteroatoms. The molecule has 0 aliphatic heterocycles. The van der Waals surface area contributed by atoms with Crippen LogP contribution in [-0.2, 0) is 9.59 Å². The molecule has 0 aliphatic carbocycles. The third kappa shape index (κ3) is 15.4. The molecule has 2 N–H and O–H groups in total. The van der Waals surface area contributed by atoms with Crippen molar-refractivity contribution in [1.82, 2.24) is 0 Å².